The smallest absolute Gasteiger partial charge is 0.415 e. The first kappa shape index (κ1) is 20.8. The number of halogens is 2. The van der Waals surface area contributed by atoms with Crippen LogP contribution in [0.3, 0.4) is 0 Å². The highest BCUT2D eigenvalue weighted by atomic mass is 35.5. The molecule has 0 aromatic heterocycles. The maximum Gasteiger partial charge on any atom is 0.415 e. The Morgan fingerprint density at radius 3 is 2.82 bits per heavy atom. The van der Waals surface area contributed by atoms with Crippen LogP contribution >= 0.6 is 35.0 Å². The van der Waals surface area contributed by atoms with E-state index in [-0.39, 0.29) is 6.73 Å². The molecule has 3 rings (SSSR count). The van der Waals surface area contributed by atoms with Gasteiger partial charge in [0.15, 0.2) is 5.75 Å². The van der Waals surface area contributed by atoms with Gasteiger partial charge in [0, 0.05) is 17.9 Å². The first-order chi connectivity index (χ1) is 13.5. The molecule has 0 saturated heterocycles. The molecule has 0 atom stereocenters. The average Bonchev–Trinajstić information content (AvgIpc) is 2.70. The Bertz CT molecular complexity index is 907. The normalized spacial score (nSPS) is 12.6. The lowest BCUT2D eigenvalue weighted by Crippen LogP contribution is -2.33. The molecule has 28 heavy (non-hydrogen) atoms. The Hall–Kier alpha value is -1.93. The molecule has 0 N–H and O–H groups in total. The average molecular weight is 441 g/mol. The number of carbonyl (C=O) groups is 1. The van der Waals surface area contributed by atoms with E-state index in [1.165, 1.54) is 30.9 Å². The summed E-state index contributed by atoms with van der Waals surface area (Å²) in [6.07, 6.45) is -0.490. The number of benzene rings is 2. The standard InChI is InChI=1S/C19H18Cl2N2O4S/c1-25-11-23(19(24)26-2)16-6-4-3-5-12(16)10-28-17-9-27-18-14(21)7-13(20)8-15(18)22-17/h3-8H,9-11H2,1-2H3. The molecule has 6 nitrogen and oxygen atoms in total. The van der Waals surface area contributed by atoms with Crippen LogP contribution in [-0.2, 0) is 15.2 Å². The fourth-order valence-electron chi connectivity index (χ4n) is 2.66. The van der Waals surface area contributed by atoms with E-state index in [0.717, 1.165) is 10.6 Å². The van der Waals surface area contributed by atoms with Crippen molar-refractivity contribution in [1.29, 1.82) is 0 Å². The number of nitrogens with zero attached hydrogens (tertiary/aromatic N) is 2. The number of thioether (sulfide) groups is 1. The highest BCUT2D eigenvalue weighted by Crippen LogP contribution is 2.41. The minimum Gasteiger partial charge on any atom is -0.483 e. The van der Waals surface area contributed by atoms with Crippen molar-refractivity contribution < 1.29 is 19.0 Å². The van der Waals surface area contributed by atoms with Crippen LogP contribution in [0.2, 0.25) is 10.0 Å². The number of para-hydroxylation sites is 1. The third-order valence-electron chi connectivity index (χ3n) is 3.90. The Morgan fingerprint density at radius 2 is 2.07 bits per heavy atom. The van der Waals surface area contributed by atoms with Gasteiger partial charge in [-0.05, 0) is 23.8 Å². The quantitative estimate of drug-likeness (QED) is 0.572. The number of hydrogen-bond acceptors (Lipinski definition) is 6. The van der Waals surface area contributed by atoms with Crippen LogP contribution in [0.1, 0.15) is 5.56 Å². The van der Waals surface area contributed by atoms with Crippen molar-refractivity contribution in [1.82, 2.24) is 0 Å². The van der Waals surface area contributed by atoms with Crippen molar-refractivity contribution in [2.75, 3.05) is 32.5 Å². The third kappa shape index (κ3) is 4.72. The second-order valence-corrected chi connectivity index (χ2v) is 7.66. The zero-order valence-corrected chi connectivity index (χ0v) is 17.6. The van der Waals surface area contributed by atoms with Crippen LogP contribution in [0, 0.1) is 0 Å². The molecule has 0 unspecified atom stereocenters. The molecule has 1 aliphatic heterocycles. The van der Waals surface area contributed by atoms with Crippen molar-refractivity contribution in [3.8, 4) is 5.75 Å². The van der Waals surface area contributed by atoms with Gasteiger partial charge in [-0.25, -0.2) is 9.79 Å². The molecular weight excluding hydrogens is 423 g/mol. The number of hydrogen-bond donors (Lipinski definition) is 0. The highest BCUT2D eigenvalue weighted by molar-refractivity contribution is 8.13. The van der Waals surface area contributed by atoms with Gasteiger partial charge < -0.3 is 14.2 Å². The van der Waals surface area contributed by atoms with Crippen LogP contribution < -0.4 is 9.64 Å². The number of methoxy groups -OCH3 is 2. The van der Waals surface area contributed by atoms with Crippen molar-refractivity contribution in [2.24, 2.45) is 4.99 Å². The van der Waals surface area contributed by atoms with E-state index in [1.807, 2.05) is 24.3 Å². The number of fused-ring (bicyclic) bond motifs is 1. The highest BCUT2D eigenvalue weighted by Gasteiger charge is 2.21. The minimum atomic E-state index is -0.490. The SMILES string of the molecule is COCN(C(=O)OC)c1ccccc1CSC1=Nc2cc(Cl)cc(Cl)c2OC1. The summed E-state index contributed by atoms with van der Waals surface area (Å²) in [5, 5.41) is 1.73. The zero-order chi connectivity index (χ0) is 20.1. The second kappa shape index (κ2) is 9.52. The lowest BCUT2D eigenvalue weighted by atomic mass is 10.2. The molecule has 0 saturated carbocycles. The summed E-state index contributed by atoms with van der Waals surface area (Å²) < 4.78 is 15.7. The molecule has 9 heteroatoms. The topological polar surface area (TPSA) is 60.4 Å². The molecule has 0 radical (unpaired) electrons. The molecule has 0 bridgehead atoms. The van der Waals surface area contributed by atoms with E-state index in [0.29, 0.717) is 39.5 Å². The summed E-state index contributed by atoms with van der Waals surface area (Å²) >= 11 is 13.7. The summed E-state index contributed by atoms with van der Waals surface area (Å²) in [5.74, 6) is 1.12. The number of rotatable bonds is 5. The lowest BCUT2D eigenvalue weighted by Gasteiger charge is -2.23. The van der Waals surface area contributed by atoms with Gasteiger partial charge in [-0.15, -0.1) is 11.8 Å². The van der Waals surface area contributed by atoms with E-state index >= 15 is 0 Å². The van der Waals surface area contributed by atoms with Gasteiger partial charge in [0.1, 0.15) is 24.1 Å². The van der Waals surface area contributed by atoms with Crippen LogP contribution in [-0.4, -0.2) is 38.7 Å². The first-order valence-corrected chi connectivity index (χ1v) is 10.0. The van der Waals surface area contributed by atoms with Crippen LogP contribution in [0.15, 0.2) is 41.4 Å². The van der Waals surface area contributed by atoms with Gasteiger partial charge in [-0.3, -0.25) is 4.90 Å². The largest absolute Gasteiger partial charge is 0.483 e. The van der Waals surface area contributed by atoms with Crippen LogP contribution in [0.5, 0.6) is 5.75 Å². The lowest BCUT2D eigenvalue weighted by molar-refractivity contribution is 0.153. The summed E-state index contributed by atoms with van der Waals surface area (Å²) in [6, 6.07) is 10.9. The number of anilines is 1. The van der Waals surface area contributed by atoms with Gasteiger partial charge in [-0.2, -0.15) is 0 Å². The predicted molar refractivity (Wildman–Crippen MR) is 114 cm³/mol. The third-order valence-corrected chi connectivity index (χ3v) is 5.40. The first-order valence-electron chi connectivity index (χ1n) is 8.28. The fraction of sp³-hybridized carbons (Fsp3) is 0.263. The van der Waals surface area contributed by atoms with Crippen molar-refractivity contribution in [3.63, 3.8) is 0 Å². The molecule has 0 aliphatic carbocycles. The van der Waals surface area contributed by atoms with Gasteiger partial charge in [0.25, 0.3) is 0 Å². The Labute approximate surface area is 177 Å². The summed E-state index contributed by atoms with van der Waals surface area (Å²) in [7, 11) is 2.86. The summed E-state index contributed by atoms with van der Waals surface area (Å²) in [6.45, 7) is 0.406. The Balaban J connectivity index is 1.80. The summed E-state index contributed by atoms with van der Waals surface area (Å²) in [5.41, 5.74) is 2.26. The van der Waals surface area contributed by atoms with E-state index in [1.54, 1.807) is 12.1 Å². The van der Waals surface area contributed by atoms with Crippen molar-refractivity contribution >= 4 is 57.5 Å². The molecule has 0 fully saturated rings. The van der Waals surface area contributed by atoms with E-state index in [4.69, 9.17) is 37.4 Å². The van der Waals surface area contributed by atoms with Gasteiger partial charge in [0.05, 0.1) is 17.8 Å². The predicted octanol–water partition coefficient (Wildman–Crippen LogP) is 5.53. The number of amides is 1. The molecule has 0 spiro atoms. The minimum absolute atomic E-state index is 0.0861. The van der Waals surface area contributed by atoms with Crippen LogP contribution in [0.4, 0.5) is 16.2 Å². The molecule has 2 aromatic carbocycles. The maximum atomic E-state index is 12.1. The Kier molecular flexibility index (Phi) is 7.07. The molecular formula is C19H18Cl2N2O4S. The molecule has 1 aliphatic rings. The number of ether oxygens (including phenoxy) is 3. The van der Waals surface area contributed by atoms with E-state index in [9.17, 15) is 4.79 Å². The second-order valence-electron chi connectivity index (χ2n) is 5.76. The zero-order valence-electron chi connectivity index (χ0n) is 15.3. The van der Waals surface area contributed by atoms with Crippen molar-refractivity contribution in [3.05, 3.63) is 52.0 Å². The molecule has 1 heterocycles. The molecule has 2 aromatic rings. The van der Waals surface area contributed by atoms with Crippen molar-refractivity contribution in [2.45, 2.75) is 5.75 Å². The van der Waals surface area contributed by atoms with E-state index in [2.05, 4.69) is 4.99 Å². The monoisotopic (exact) mass is 440 g/mol. The van der Waals surface area contributed by atoms with E-state index < -0.39 is 6.09 Å². The summed E-state index contributed by atoms with van der Waals surface area (Å²) in [4.78, 5) is 18.1. The Morgan fingerprint density at radius 1 is 1.29 bits per heavy atom. The van der Waals surface area contributed by atoms with Gasteiger partial charge in [-0.1, -0.05) is 41.4 Å². The van der Waals surface area contributed by atoms with Crippen LogP contribution in [0.25, 0.3) is 0 Å². The van der Waals surface area contributed by atoms with Gasteiger partial charge >= 0.3 is 6.09 Å². The maximum absolute atomic E-state index is 12.1. The number of carbonyl (C=O) groups excluding carboxylic acids is 1. The molecule has 148 valence electrons. The molecule has 1 amide bonds. The van der Waals surface area contributed by atoms with Gasteiger partial charge in [0.2, 0.25) is 0 Å². The fourth-order valence-corrected chi connectivity index (χ4v) is 4.07. The number of aliphatic imine (C=N–C) groups is 1.